The quantitative estimate of drug-likeness (QED) is 0.380. The maximum absolute atomic E-state index is 12.0. The summed E-state index contributed by atoms with van der Waals surface area (Å²) in [6, 6.07) is 23.9. The van der Waals surface area contributed by atoms with E-state index in [-0.39, 0.29) is 5.97 Å². The average molecular weight is 314 g/mol. The van der Waals surface area contributed by atoms with Crippen molar-refractivity contribution in [2.45, 2.75) is 0 Å². The fourth-order valence-electron chi connectivity index (χ4n) is 2.65. The van der Waals surface area contributed by atoms with Gasteiger partial charge in [0.05, 0.1) is 12.7 Å². The number of carbonyl (C=O) groups is 1. The summed E-state index contributed by atoms with van der Waals surface area (Å²) in [5, 5.41) is 2.38. The van der Waals surface area contributed by atoms with Gasteiger partial charge in [0.1, 0.15) is 0 Å². The lowest BCUT2D eigenvalue weighted by Crippen LogP contribution is -2.03. The molecule has 2 heteroatoms. The minimum Gasteiger partial charge on any atom is -0.465 e. The summed E-state index contributed by atoms with van der Waals surface area (Å²) in [7, 11) is 1.40. The predicted octanol–water partition coefficient (Wildman–Crippen LogP) is 5.11. The Hall–Kier alpha value is -3.13. The number of carbonyl (C=O) groups excluding carboxylic acids is 1. The van der Waals surface area contributed by atoms with Gasteiger partial charge in [0, 0.05) is 0 Å². The van der Waals surface area contributed by atoms with Gasteiger partial charge in [-0.25, -0.2) is 4.79 Å². The molecule has 24 heavy (non-hydrogen) atoms. The first-order valence-corrected chi connectivity index (χ1v) is 7.79. The van der Waals surface area contributed by atoms with E-state index in [2.05, 4.69) is 24.3 Å². The van der Waals surface area contributed by atoms with Crippen LogP contribution in [-0.2, 0) is 9.53 Å². The molecule has 0 atom stereocenters. The molecule has 118 valence electrons. The zero-order valence-electron chi connectivity index (χ0n) is 13.5. The van der Waals surface area contributed by atoms with Crippen LogP contribution in [0.15, 0.2) is 84.9 Å². The monoisotopic (exact) mass is 314 g/mol. The third kappa shape index (κ3) is 3.44. The minimum atomic E-state index is -0.344. The van der Waals surface area contributed by atoms with Gasteiger partial charge >= 0.3 is 5.97 Å². The summed E-state index contributed by atoms with van der Waals surface area (Å²) in [6.07, 6.45) is 5.69. The van der Waals surface area contributed by atoms with Gasteiger partial charge in [0.15, 0.2) is 0 Å². The van der Waals surface area contributed by atoms with Crippen molar-refractivity contribution in [3.63, 3.8) is 0 Å². The lowest BCUT2D eigenvalue weighted by Gasteiger charge is -2.04. The van der Waals surface area contributed by atoms with Crippen LogP contribution in [0.2, 0.25) is 0 Å². The molecule has 0 aliphatic heterocycles. The molecule has 0 bridgehead atoms. The second kappa shape index (κ2) is 7.42. The Bertz CT molecular complexity index is 900. The molecule has 0 saturated heterocycles. The highest BCUT2D eigenvalue weighted by atomic mass is 16.5. The van der Waals surface area contributed by atoms with Gasteiger partial charge in [0.25, 0.3) is 0 Å². The molecule has 0 heterocycles. The first kappa shape index (κ1) is 15.8. The predicted molar refractivity (Wildman–Crippen MR) is 99.4 cm³/mol. The summed E-state index contributed by atoms with van der Waals surface area (Å²) >= 11 is 0. The van der Waals surface area contributed by atoms with Crippen molar-refractivity contribution in [3.8, 4) is 0 Å². The number of hydrogen-bond donors (Lipinski definition) is 0. The number of rotatable bonds is 4. The van der Waals surface area contributed by atoms with E-state index in [0.717, 1.165) is 11.1 Å². The van der Waals surface area contributed by atoms with Gasteiger partial charge in [-0.1, -0.05) is 84.9 Å². The molecule has 0 fully saturated rings. The van der Waals surface area contributed by atoms with Crippen molar-refractivity contribution in [2.24, 2.45) is 0 Å². The number of benzene rings is 3. The molecule has 0 N–H and O–H groups in total. The van der Waals surface area contributed by atoms with Crippen molar-refractivity contribution < 1.29 is 9.53 Å². The molecule has 0 unspecified atom stereocenters. The summed E-state index contributed by atoms with van der Waals surface area (Å²) in [5.41, 5.74) is 2.49. The van der Waals surface area contributed by atoms with Gasteiger partial charge in [0.2, 0.25) is 0 Å². The number of fused-ring (bicyclic) bond motifs is 1. The van der Waals surface area contributed by atoms with E-state index in [4.69, 9.17) is 4.74 Å². The Balaban J connectivity index is 1.96. The van der Waals surface area contributed by atoms with E-state index in [9.17, 15) is 4.79 Å². The smallest absolute Gasteiger partial charge is 0.338 e. The number of hydrogen-bond acceptors (Lipinski definition) is 2. The van der Waals surface area contributed by atoms with Crippen molar-refractivity contribution in [1.82, 2.24) is 0 Å². The highest BCUT2D eigenvalue weighted by Crippen LogP contribution is 2.21. The van der Waals surface area contributed by atoms with Crippen LogP contribution in [0, 0.1) is 0 Å². The Morgan fingerprint density at radius 1 is 0.875 bits per heavy atom. The van der Waals surface area contributed by atoms with Gasteiger partial charge in [-0.3, -0.25) is 0 Å². The zero-order valence-corrected chi connectivity index (χ0v) is 13.5. The molecule has 3 rings (SSSR count). The number of allylic oxidation sites excluding steroid dienone is 2. The van der Waals surface area contributed by atoms with E-state index in [1.54, 1.807) is 6.08 Å². The molecule has 0 amide bonds. The molecule has 3 aromatic rings. The number of esters is 1. The van der Waals surface area contributed by atoms with Gasteiger partial charge < -0.3 is 4.74 Å². The summed E-state index contributed by atoms with van der Waals surface area (Å²) in [5.74, 6) is -0.344. The van der Waals surface area contributed by atoms with Gasteiger partial charge in [-0.05, 0) is 28.0 Å². The largest absolute Gasteiger partial charge is 0.465 e. The molecule has 0 aliphatic rings. The molecule has 0 spiro atoms. The molecule has 0 radical (unpaired) electrons. The normalized spacial score (nSPS) is 11.8. The zero-order chi connectivity index (χ0) is 16.8. The molecule has 0 aliphatic carbocycles. The van der Waals surface area contributed by atoms with E-state index >= 15 is 0 Å². The second-order valence-electron chi connectivity index (χ2n) is 5.37. The van der Waals surface area contributed by atoms with Crippen LogP contribution in [0.3, 0.4) is 0 Å². The lowest BCUT2D eigenvalue weighted by atomic mass is 10.0. The molecular weight excluding hydrogens is 296 g/mol. The second-order valence-corrected chi connectivity index (χ2v) is 5.37. The Labute approximate surface area is 141 Å². The molecule has 0 saturated carbocycles. The van der Waals surface area contributed by atoms with Crippen LogP contribution in [0.4, 0.5) is 0 Å². The minimum absolute atomic E-state index is 0.344. The van der Waals surface area contributed by atoms with Crippen LogP contribution in [0.25, 0.3) is 22.4 Å². The van der Waals surface area contributed by atoms with E-state index in [1.807, 2.05) is 60.7 Å². The maximum atomic E-state index is 12.0. The molecular formula is C22H18O2. The first-order valence-electron chi connectivity index (χ1n) is 7.79. The van der Waals surface area contributed by atoms with E-state index < -0.39 is 0 Å². The van der Waals surface area contributed by atoms with Crippen LogP contribution in [0.5, 0.6) is 0 Å². The Kier molecular flexibility index (Phi) is 4.87. The standard InChI is InChI=1S/C22H18O2/c1-24-22(23)21(19-9-3-2-4-10-19)16-8-14-18-13-7-12-17-11-5-6-15-20(17)18/h2-16H,1H3/b14-8+,21-16+. The third-order valence-electron chi connectivity index (χ3n) is 3.85. The molecule has 3 aromatic carbocycles. The van der Waals surface area contributed by atoms with Crippen LogP contribution in [0.1, 0.15) is 11.1 Å². The van der Waals surface area contributed by atoms with Crippen molar-refractivity contribution in [1.29, 1.82) is 0 Å². The van der Waals surface area contributed by atoms with Crippen LogP contribution < -0.4 is 0 Å². The molecule has 0 aromatic heterocycles. The van der Waals surface area contributed by atoms with Gasteiger partial charge in [-0.2, -0.15) is 0 Å². The Morgan fingerprint density at radius 2 is 1.58 bits per heavy atom. The van der Waals surface area contributed by atoms with Gasteiger partial charge in [-0.15, -0.1) is 0 Å². The van der Waals surface area contributed by atoms with Crippen molar-refractivity contribution in [2.75, 3.05) is 7.11 Å². The number of methoxy groups -OCH3 is 1. The maximum Gasteiger partial charge on any atom is 0.338 e. The van der Waals surface area contributed by atoms with Crippen molar-refractivity contribution in [3.05, 3.63) is 96.1 Å². The fraction of sp³-hybridized carbons (Fsp3) is 0.0455. The Morgan fingerprint density at radius 3 is 2.38 bits per heavy atom. The van der Waals surface area contributed by atoms with Crippen LogP contribution >= 0.6 is 0 Å². The van der Waals surface area contributed by atoms with E-state index in [0.29, 0.717) is 5.57 Å². The highest BCUT2D eigenvalue weighted by Gasteiger charge is 2.10. The lowest BCUT2D eigenvalue weighted by molar-refractivity contribution is -0.133. The first-order chi connectivity index (χ1) is 11.8. The summed E-state index contributed by atoms with van der Waals surface area (Å²) < 4.78 is 4.90. The van der Waals surface area contributed by atoms with Crippen LogP contribution in [-0.4, -0.2) is 13.1 Å². The fourth-order valence-corrected chi connectivity index (χ4v) is 2.65. The topological polar surface area (TPSA) is 26.3 Å². The number of ether oxygens (including phenoxy) is 1. The molecule has 2 nitrogen and oxygen atoms in total. The third-order valence-corrected chi connectivity index (χ3v) is 3.85. The summed E-state index contributed by atoms with van der Waals surface area (Å²) in [6.45, 7) is 0. The average Bonchev–Trinajstić information content (AvgIpc) is 2.65. The van der Waals surface area contributed by atoms with Crippen molar-refractivity contribution >= 4 is 28.4 Å². The van der Waals surface area contributed by atoms with E-state index in [1.165, 1.54) is 17.9 Å². The highest BCUT2D eigenvalue weighted by molar-refractivity contribution is 6.16. The SMILES string of the molecule is COC(=O)/C(=C/C=C/c1cccc2ccccc12)c1ccccc1. The summed E-state index contributed by atoms with van der Waals surface area (Å²) in [4.78, 5) is 12.0.